The molecule has 5 radical (unpaired) electrons. The molecule has 0 aromatic rings. The Kier molecular flexibility index (Phi) is 9.55. The van der Waals surface area contributed by atoms with Gasteiger partial charge in [0, 0.05) is 45.8 Å². The molecule has 1 aliphatic carbocycles. The van der Waals surface area contributed by atoms with E-state index in [1.807, 2.05) is 17.7 Å². The number of amides is 2. The molecule has 0 bridgehead atoms. The van der Waals surface area contributed by atoms with Crippen LogP contribution >= 0.6 is 0 Å². The number of rotatable bonds is 5. The Balaban J connectivity index is 1.96. The minimum Gasteiger partial charge on any atom is -0.465 e. The number of nitrogens with zero attached hydrogens (tertiary/aromatic N) is 2. The van der Waals surface area contributed by atoms with Crippen LogP contribution in [-0.2, 0) is 19.1 Å². The Hall–Kier alpha value is -1.67. The minimum absolute atomic E-state index is 0.180. The number of carbonyl (C=O) groups is 3. The van der Waals surface area contributed by atoms with Crippen molar-refractivity contribution in [1.82, 2.24) is 20.4 Å². The van der Waals surface area contributed by atoms with Crippen molar-refractivity contribution in [3.63, 3.8) is 0 Å². The van der Waals surface area contributed by atoms with Gasteiger partial charge < -0.3 is 15.4 Å². The van der Waals surface area contributed by atoms with Crippen molar-refractivity contribution in [2.45, 2.75) is 13.3 Å². The molecule has 2 rings (SSSR count). The average Bonchev–Trinajstić information content (AvgIpc) is 3.11. The first kappa shape index (κ1) is 21.6. The lowest BCUT2D eigenvalue weighted by Gasteiger charge is -2.28. The maximum absolute atomic E-state index is 11.9. The fourth-order valence-electron chi connectivity index (χ4n) is 2.97. The van der Waals surface area contributed by atoms with E-state index in [1.54, 1.807) is 6.92 Å². The zero-order valence-electron chi connectivity index (χ0n) is 15.9. The smallest absolute Gasteiger partial charge is 0.320 e. The van der Waals surface area contributed by atoms with Gasteiger partial charge in [0.05, 0.1) is 13.2 Å². The molecule has 8 heteroatoms. The van der Waals surface area contributed by atoms with E-state index in [4.69, 9.17) is 4.74 Å². The lowest BCUT2D eigenvalue weighted by molar-refractivity contribution is -0.144. The molecule has 8 nitrogen and oxygen atoms in total. The molecule has 2 N–H and O–H groups in total. The number of ether oxygens (including phenoxy) is 1. The molecule has 149 valence electrons. The number of hydrogen-bond donors (Lipinski definition) is 2. The summed E-state index contributed by atoms with van der Waals surface area (Å²) in [4.78, 5) is 39.7. The molecular formula is C19H29N4O4. The zero-order valence-corrected chi connectivity index (χ0v) is 15.9. The summed E-state index contributed by atoms with van der Waals surface area (Å²) < 4.78 is 5.05. The fraction of sp³-hybridized carbons (Fsp3) is 0.579. The lowest BCUT2D eigenvalue weighted by Crippen LogP contribution is -2.43. The zero-order chi connectivity index (χ0) is 19.5. The first-order valence-corrected chi connectivity index (χ1v) is 9.41. The minimum atomic E-state index is -0.309. The van der Waals surface area contributed by atoms with Gasteiger partial charge in [-0.05, 0) is 38.5 Å². The summed E-state index contributed by atoms with van der Waals surface area (Å²) in [7, 11) is 0. The van der Waals surface area contributed by atoms with E-state index in [2.05, 4.69) is 28.4 Å². The van der Waals surface area contributed by atoms with E-state index in [-0.39, 0.29) is 30.7 Å². The highest BCUT2D eigenvalue weighted by molar-refractivity contribution is 5.96. The van der Waals surface area contributed by atoms with Crippen molar-refractivity contribution in [3.8, 4) is 0 Å². The molecule has 0 spiro atoms. The summed E-state index contributed by atoms with van der Waals surface area (Å²) >= 11 is 0. The first-order valence-electron chi connectivity index (χ1n) is 9.41. The van der Waals surface area contributed by atoms with Crippen LogP contribution in [0.2, 0.25) is 0 Å². The van der Waals surface area contributed by atoms with Crippen LogP contribution in [0.3, 0.4) is 0 Å². The van der Waals surface area contributed by atoms with Gasteiger partial charge in [0.1, 0.15) is 6.42 Å². The Labute approximate surface area is 162 Å². The van der Waals surface area contributed by atoms with E-state index < -0.39 is 0 Å². The predicted octanol–water partition coefficient (Wildman–Crippen LogP) is -0.805. The molecule has 1 saturated carbocycles. The third-order valence-corrected chi connectivity index (χ3v) is 4.35. The van der Waals surface area contributed by atoms with Crippen LogP contribution in [0.1, 0.15) is 13.3 Å². The van der Waals surface area contributed by atoms with Crippen molar-refractivity contribution in [2.24, 2.45) is 0 Å². The van der Waals surface area contributed by atoms with Gasteiger partial charge in [-0.1, -0.05) is 0 Å². The molecule has 1 heterocycles. The Morgan fingerprint density at radius 3 is 2.22 bits per heavy atom. The molecule has 1 aliphatic heterocycles. The second-order valence-electron chi connectivity index (χ2n) is 6.53. The normalized spacial score (nSPS) is 22.3. The predicted molar refractivity (Wildman–Crippen MR) is 101 cm³/mol. The summed E-state index contributed by atoms with van der Waals surface area (Å²) in [5.74, 6) is 0.354. The maximum atomic E-state index is 11.9. The Bertz CT molecular complexity index is 494. The van der Waals surface area contributed by atoms with Crippen LogP contribution in [-0.4, -0.2) is 86.5 Å². The van der Waals surface area contributed by atoms with Crippen molar-refractivity contribution in [1.29, 1.82) is 0 Å². The third-order valence-electron chi connectivity index (χ3n) is 4.35. The van der Waals surface area contributed by atoms with E-state index in [1.165, 1.54) is 5.92 Å². The number of hydrogen-bond acceptors (Lipinski definition) is 6. The summed E-state index contributed by atoms with van der Waals surface area (Å²) in [6.07, 6.45) is 7.96. The standard InChI is InChI=1S/C19H29N4O4/c1-2-27-19(26)15-23-10-8-21-18(25)13-17(24)20-7-9-22(11-12-23)14-16-5-3-4-6-16/h3-6H,2,7-15H2,1H3,(H,20,24)(H,21,25). The maximum Gasteiger partial charge on any atom is 0.320 e. The molecular weight excluding hydrogens is 348 g/mol. The fourth-order valence-corrected chi connectivity index (χ4v) is 2.97. The molecule has 0 aromatic heterocycles. The molecule has 0 unspecified atom stereocenters. The summed E-state index contributed by atoms with van der Waals surface area (Å²) in [6.45, 7) is 6.56. The second kappa shape index (κ2) is 11.9. The van der Waals surface area contributed by atoms with Crippen LogP contribution < -0.4 is 10.6 Å². The number of nitrogens with one attached hydrogen (secondary N) is 2. The van der Waals surface area contributed by atoms with Gasteiger partial charge in [-0.15, -0.1) is 0 Å². The van der Waals surface area contributed by atoms with E-state index >= 15 is 0 Å². The Morgan fingerprint density at radius 2 is 1.59 bits per heavy atom. The van der Waals surface area contributed by atoms with Crippen molar-refractivity contribution < 1.29 is 19.1 Å². The van der Waals surface area contributed by atoms with E-state index in [9.17, 15) is 14.4 Å². The summed E-state index contributed by atoms with van der Waals surface area (Å²) in [6, 6.07) is 0. The first-order chi connectivity index (χ1) is 13.1. The van der Waals surface area contributed by atoms with Crippen molar-refractivity contribution in [3.05, 3.63) is 31.6 Å². The number of carbonyl (C=O) groups excluding carboxylic acids is 3. The third kappa shape index (κ3) is 8.71. The van der Waals surface area contributed by atoms with Gasteiger partial charge in [0.2, 0.25) is 11.8 Å². The molecule has 1 saturated heterocycles. The second-order valence-corrected chi connectivity index (χ2v) is 6.53. The monoisotopic (exact) mass is 377 g/mol. The Morgan fingerprint density at radius 1 is 1.00 bits per heavy atom. The van der Waals surface area contributed by atoms with Crippen molar-refractivity contribution in [2.75, 3.05) is 59.0 Å². The highest BCUT2D eigenvalue weighted by Gasteiger charge is 2.22. The molecule has 2 amide bonds. The largest absolute Gasteiger partial charge is 0.465 e. The van der Waals surface area contributed by atoms with Crippen molar-refractivity contribution >= 4 is 17.8 Å². The van der Waals surface area contributed by atoms with E-state index in [0.29, 0.717) is 39.3 Å². The summed E-state index contributed by atoms with van der Waals surface area (Å²) in [5.41, 5.74) is 0. The van der Waals surface area contributed by atoms with Gasteiger partial charge in [-0.2, -0.15) is 0 Å². The van der Waals surface area contributed by atoms with Gasteiger partial charge in [0.15, 0.2) is 0 Å². The molecule has 0 atom stereocenters. The summed E-state index contributed by atoms with van der Waals surface area (Å²) in [5, 5.41) is 5.52. The molecule has 27 heavy (non-hydrogen) atoms. The van der Waals surface area contributed by atoms with Crippen LogP contribution in [0, 0.1) is 31.6 Å². The van der Waals surface area contributed by atoms with Gasteiger partial charge in [-0.25, -0.2) is 0 Å². The highest BCUT2D eigenvalue weighted by Crippen LogP contribution is 2.23. The lowest BCUT2D eigenvalue weighted by atomic mass is 10.1. The highest BCUT2D eigenvalue weighted by atomic mass is 16.5. The van der Waals surface area contributed by atoms with Crippen LogP contribution in [0.4, 0.5) is 0 Å². The molecule has 2 aliphatic rings. The van der Waals surface area contributed by atoms with Gasteiger partial charge >= 0.3 is 5.97 Å². The van der Waals surface area contributed by atoms with Crippen LogP contribution in [0.25, 0.3) is 0 Å². The van der Waals surface area contributed by atoms with Gasteiger partial charge in [-0.3, -0.25) is 24.2 Å². The quantitative estimate of drug-likeness (QED) is 0.481. The number of esters is 1. The van der Waals surface area contributed by atoms with Crippen LogP contribution in [0.15, 0.2) is 0 Å². The van der Waals surface area contributed by atoms with Crippen LogP contribution in [0.5, 0.6) is 0 Å². The molecule has 0 aromatic carbocycles. The van der Waals surface area contributed by atoms with E-state index in [0.717, 1.165) is 13.1 Å². The topological polar surface area (TPSA) is 91.0 Å². The van der Waals surface area contributed by atoms with Gasteiger partial charge in [0.25, 0.3) is 0 Å². The molecule has 2 fully saturated rings. The SMILES string of the molecule is CCOC(=O)CN1CCNC(=O)CC(=O)NCCN(C[C]2[CH][CH][CH][CH]2)CC1. The average molecular weight is 377 g/mol.